The fourth-order valence-electron chi connectivity index (χ4n) is 2.56. The average Bonchev–Trinajstić information content (AvgIpc) is 3.14. The van der Waals surface area contributed by atoms with Crippen LogP contribution >= 0.6 is 0 Å². The van der Waals surface area contributed by atoms with Gasteiger partial charge in [0, 0.05) is 12.1 Å². The molecule has 126 valence electrons. The number of rotatable bonds is 5. The number of carbonyl (C=O) groups excluding carboxylic acids is 2. The van der Waals surface area contributed by atoms with Crippen LogP contribution in [0.15, 0.2) is 71.1 Å². The molecule has 0 unspecified atom stereocenters. The number of carbonyl (C=O) groups is 2. The van der Waals surface area contributed by atoms with Gasteiger partial charge in [0.2, 0.25) is 5.78 Å². The second kappa shape index (κ2) is 7.05. The van der Waals surface area contributed by atoms with Crippen LogP contribution in [0.3, 0.4) is 0 Å². The topological polar surface area (TPSA) is 70.8 Å². The van der Waals surface area contributed by atoms with Gasteiger partial charge in [0.25, 0.3) is 5.91 Å². The molecule has 0 bridgehead atoms. The van der Waals surface area contributed by atoms with Gasteiger partial charge >= 0.3 is 0 Å². The van der Waals surface area contributed by atoms with Crippen LogP contribution in [0.2, 0.25) is 0 Å². The van der Waals surface area contributed by atoms with Crippen LogP contribution < -0.4 is 4.90 Å². The molecule has 25 heavy (non-hydrogen) atoms. The Bertz CT molecular complexity index is 899. The standard InChI is InChI=1S/C20H17NO4/c1-2-21(15-10-6-7-11-16(15)22)20(24)18-13-12-17(25-18)19(23)14-8-4-3-5-9-14/h3-13,22H,2H2,1H3. The summed E-state index contributed by atoms with van der Waals surface area (Å²) >= 11 is 0. The molecule has 5 heteroatoms. The maximum atomic E-state index is 12.7. The fourth-order valence-corrected chi connectivity index (χ4v) is 2.56. The Kier molecular flexibility index (Phi) is 4.66. The number of phenols is 1. The number of benzene rings is 2. The second-order valence-corrected chi connectivity index (χ2v) is 5.40. The van der Waals surface area contributed by atoms with E-state index in [1.165, 1.54) is 23.1 Å². The third-order valence-electron chi connectivity index (χ3n) is 3.81. The highest BCUT2D eigenvalue weighted by Gasteiger charge is 2.23. The molecule has 2 aromatic carbocycles. The summed E-state index contributed by atoms with van der Waals surface area (Å²) < 4.78 is 5.48. The number of anilines is 1. The van der Waals surface area contributed by atoms with Crippen molar-refractivity contribution in [3.63, 3.8) is 0 Å². The number of amides is 1. The first-order chi connectivity index (χ1) is 12.1. The zero-order valence-corrected chi connectivity index (χ0v) is 13.7. The third-order valence-corrected chi connectivity index (χ3v) is 3.81. The molecule has 0 aliphatic carbocycles. The number of ketones is 1. The lowest BCUT2D eigenvalue weighted by molar-refractivity contribution is 0.0951. The molecule has 1 aromatic heterocycles. The highest BCUT2D eigenvalue weighted by atomic mass is 16.4. The molecular weight excluding hydrogens is 318 g/mol. The first-order valence-corrected chi connectivity index (χ1v) is 7.91. The predicted octanol–water partition coefficient (Wildman–Crippen LogP) is 3.88. The first-order valence-electron chi connectivity index (χ1n) is 7.91. The van der Waals surface area contributed by atoms with Gasteiger partial charge < -0.3 is 14.4 Å². The minimum absolute atomic E-state index is 0.00448. The maximum Gasteiger partial charge on any atom is 0.294 e. The van der Waals surface area contributed by atoms with E-state index in [1.54, 1.807) is 49.4 Å². The van der Waals surface area contributed by atoms with E-state index in [0.717, 1.165) is 0 Å². The molecule has 0 aliphatic rings. The van der Waals surface area contributed by atoms with Gasteiger partial charge in [-0.15, -0.1) is 0 Å². The molecule has 0 radical (unpaired) electrons. The Morgan fingerprint density at radius 3 is 2.24 bits per heavy atom. The molecule has 5 nitrogen and oxygen atoms in total. The van der Waals surface area contributed by atoms with Gasteiger partial charge in [0.05, 0.1) is 5.69 Å². The molecule has 1 N–H and O–H groups in total. The molecule has 0 fully saturated rings. The molecule has 3 rings (SSSR count). The average molecular weight is 335 g/mol. The summed E-state index contributed by atoms with van der Waals surface area (Å²) in [5.74, 6) is -0.557. The van der Waals surface area contributed by atoms with Crippen molar-refractivity contribution in [1.29, 1.82) is 0 Å². The van der Waals surface area contributed by atoms with Crippen LogP contribution in [0.5, 0.6) is 5.75 Å². The van der Waals surface area contributed by atoms with Gasteiger partial charge in [-0.05, 0) is 31.2 Å². The van der Waals surface area contributed by atoms with E-state index < -0.39 is 5.91 Å². The Labute approximate surface area is 145 Å². The lowest BCUT2D eigenvalue weighted by Gasteiger charge is -2.20. The van der Waals surface area contributed by atoms with Gasteiger partial charge in [0.1, 0.15) is 5.75 Å². The van der Waals surface area contributed by atoms with E-state index >= 15 is 0 Å². The molecule has 0 saturated heterocycles. The van der Waals surface area contributed by atoms with Crippen LogP contribution in [0.4, 0.5) is 5.69 Å². The summed E-state index contributed by atoms with van der Waals surface area (Å²) in [4.78, 5) is 26.5. The minimum Gasteiger partial charge on any atom is -0.506 e. The monoisotopic (exact) mass is 335 g/mol. The Hall–Kier alpha value is -3.34. The van der Waals surface area contributed by atoms with Gasteiger partial charge in [-0.1, -0.05) is 42.5 Å². The quantitative estimate of drug-likeness (QED) is 0.718. The van der Waals surface area contributed by atoms with Crippen molar-refractivity contribution >= 4 is 17.4 Å². The minimum atomic E-state index is -0.420. The van der Waals surface area contributed by atoms with Gasteiger partial charge in [0.15, 0.2) is 11.5 Å². The molecule has 1 amide bonds. The second-order valence-electron chi connectivity index (χ2n) is 5.40. The van der Waals surface area contributed by atoms with E-state index in [2.05, 4.69) is 0 Å². The van der Waals surface area contributed by atoms with Crippen molar-refractivity contribution < 1.29 is 19.1 Å². The highest BCUT2D eigenvalue weighted by molar-refractivity contribution is 6.09. The van der Waals surface area contributed by atoms with E-state index in [0.29, 0.717) is 17.8 Å². The van der Waals surface area contributed by atoms with Crippen LogP contribution in [-0.4, -0.2) is 23.3 Å². The molecular formula is C20H17NO4. The number of nitrogens with zero attached hydrogens (tertiary/aromatic N) is 1. The zero-order chi connectivity index (χ0) is 17.8. The van der Waals surface area contributed by atoms with Crippen LogP contribution in [-0.2, 0) is 0 Å². The Morgan fingerprint density at radius 2 is 1.56 bits per heavy atom. The summed E-state index contributed by atoms with van der Waals surface area (Å²) in [6.07, 6.45) is 0. The molecule has 3 aromatic rings. The van der Waals surface area contributed by atoms with Crippen LogP contribution in [0, 0.1) is 0 Å². The largest absolute Gasteiger partial charge is 0.506 e. The third kappa shape index (κ3) is 3.30. The Morgan fingerprint density at radius 1 is 0.920 bits per heavy atom. The van der Waals surface area contributed by atoms with E-state index in [4.69, 9.17) is 4.42 Å². The summed E-state index contributed by atoms with van der Waals surface area (Å²) in [7, 11) is 0. The number of furan rings is 1. The molecule has 0 atom stereocenters. The Balaban J connectivity index is 1.87. The first kappa shape index (κ1) is 16.5. The zero-order valence-electron chi connectivity index (χ0n) is 13.7. The normalized spacial score (nSPS) is 10.4. The SMILES string of the molecule is CCN(C(=O)c1ccc(C(=O)c2ccccc2)o1)c1ccccc1O. The fraction of sp³-hybridized carbons (Fsp3) is 0.100. The molecule has 0 spiro atoms. The van der Waals surface area contributed by atoms with E-state index in [1.807, 2.05) is 6.07 Å². The van der Waals surface area contributed by atoms with Gasteiger partial charge in [-0.2, -0.15) is 0 Å². The lowest BCUT2D eigenvalue weighted by atomic mass is 10.1. The van der Waals surface area contributed by atoms with Crippen LogP contribution in [0.1, 0.15) is 33.6 Å². The predicted molar refractivity (Wildman–Crippen MR) is 94.0 cm³/mol. The van der Waals surface area contributed by atoms with Crippen LogP contribution in [0.25, 0.3) is 0 Å². The summed E-state index contributed by atoms with van der Waals surface area (Å²) in [6.45, 7) is 2.14. The number of hydrogen-bond donors (Lipinski definition) is 1. The lowest BCUT2D eigenvalue weighted by Crippen LogP contribution is -2.30. The molecule has 0 aliphatic heterocycles. The number of para-hydroxylation sites is 2. The number of aromatic hydroxyl groups is 1. The van der Waals surface area contributed by atoms with Crippen molar-refractivity contribution in [3.05, 3.63) is 83.8 Å². The number of hydrogen-bond acceptors (Lipinski definition) is 4. The molecule has 1 heterocycles. The van der Waals surface area contributed by atoms with Crippen molar-refractivity contribution in [1.82, 2.24) is 0 Å². The van der Waals surface area contributed by atoms with Gasteiger partial charge in [-0.25, -0.2) is 0 Å². The van der Waals surface area contributed by atoms with Crippen molar-refractivity contribution in [2.45, 2.75) is 6.92 Å². The summed E-state index contributed by atoms with van der Waals surface area (Å²) in [5.41, 5.74) is 0.881. The summed E-state index contributed by atoms with van der Waals surface area (Å²) in [5, 5.41) is 9.97. The van der Waals surface area contributed by atoms with Gasteiger partial charge in [-0.3, -0.25) is 9.59 Å². The van der Waals surface area contributed by atoms with E-state index in [9.17, 15) is 14.7 Å². The number of phenolic OH excluding ortho intramolecular Hbond substituents is 1. The smallest absolute Gasteiger partial charge is 0.294 e. The summed E-state index contributed by atoms with van der Waals surface area (Å²) in [6, 6.07) is 18.3. The molecule has 0 saturated carbocycles. The van der Waals surface area contributed by atoms with E-state index in [-0.39, 0.29) is 23.1 Å². The van der Waals surface area contributed by atoms with Crippen molar-refractivity contribution in [2.24, 2.45) is 0 Å². The highest BCUT2D eigenvalue weighted by Crippen LogP contribution is 2.28. The maximum absolute atomic E-state index is 12.7. The van der Waals surface area contributed by atoms with Crippen molar-refractivity contribution in [3.8, 4) is 5.75 Å². The van der Waals surface area contributed by atoms with Crippen molar-refractivity contribution in [2.75, 3.05) is 11.4 Å².